The summed E-state index contributed by atoms with van der Waals surface area (Å²) in [7, 11) is 3.24. The van der Waals surface area contributed by atoms with E-state index in [0.29, 0.717) is 23.8 Å². The van der Waals surface area contributed by atoms with Crippen molar-refractivity contribution < 1.29 is 14.3 Å². The molecule has 0 saturated heterocycles. The summed E-state index contributed by atoms with van der Waals surface area (Å²) < 4.78 is 10.9. The third-order valence-electron chi connectivity index (χ3n) is 5.58. The first kappa shape index (κ1) is 20.8. The number of methoxy groups -OCH3 is 2. The molecule has 1 aromatic heterocycles. The van der Waals surface area contributed by atoms with Gasteiger partial charge in [0.15, 0.2) is 11.5 Å². The van der Waals surface area contributed by atoms with Crippen LogP contribution in [-0.2, 0) is 4.79 Å². The van der Waals surface area contributed by atoms with Crippen molar-refractivity contribution in [3.63, 3.8) is 0 Å². The predicted molar refractivity (Wildman–Crippen MR) is 117 cm³/mol. The number of hydrogen-bond acceptors (Lipinski definition) is 3. The molecule has 1 amide bonds. The van der Waals surface area contributed by atoms with Crippen molar-refractivity contribution in [3.05, 3.63) is 59.8 Å². The molecular formula is C24H30N2O3. The van der Waals surface area contributed by atoms with Crippen molar-refractivity contribution in [1.29, 1.82) is 0 Å². The monoisotopic (exact) mass is 394 g/mol. The molecule has 0 spiro atoms. The molecule has 1 heterocycles. The zero-order valence-corrected chi connectivity index (χ0v) is 17.8. The van der Waals surface area contributed by atoms with Gasteiger partial charge in [-0.15, -0.1) is 0 Å². The first-order chi connectivity index (χ1) is 13.9. The van der Waals surface area contributed by atoms with Crippen LogP contribution in [0.3, 0.4) is 0 Å². The fourth-order valence-corrected chi connectivity index (χ4v) is 3.52. The van der Waals surface area contributed by atoms with E-state index in [9.17, 15) is 4.79 Å². The summed E-state index contributed by atoms with van der Waals surface area (Å²) in [6.07, 6.45) is 2.36. The Morgan fingerprint density at radius 2 is 1.76 bits per heavy atom. The van der Waals surface area contributed by atoms with Crippen LogP contribution in [0.1, 0.15) is 44.2 Å². The zero-order valence-electron chi connectivity index (χ0n) is 17.8. The highest BCUT2D eigenvalue weighted by atomic mass is 16.5. The maximum Gasteiger partial charge on any atom is 0.221 e. The molecule has 0 aliphatic carbocycles. The van der Waals surface area contributed by atoms with Gasteiger partial charge >= 0.3 is 0 Å². The second-order valence-corrected chi connectivity index (χ2v) is 7.76. The topological polar surface area (TPSA) is 63.3 Å². The highest BCUT2D eigenvalue weighted by molar-refractivity contribution is 5.86. The normalized spacial score (nSPS) is 13.3. The van der Waals surface area contributed by atoms with Crippen LogP contribution in [0.5, 0.6) is 11.5 Å². The van der Waals surface area contributed by atoms with E-state index in [1.165, 1.54) is 0 Å². The Balaban J connectivity index is 2.01. The molecule has 29 heavy (non-hydrogen) atoms. The van der Waals surface area contributed by atoms with E-state index in [2.05, 4.69) is 30.2 Å². The van der Waals surface area contributed by atoms with Gasteiger partial charge in [0.05, 0.1) is 14.2 Å². The molecule has 0 unspecified atom stereocenters. The van der Waals surface area contributed by atoms with Crippen molar-refractivity contribution in [2.45, 2.75) is 39.2 Å². The molecule has 5 nitrogen and oxygen atoms in total. The molecule has 0 aliphatic heterocycles. The lowest BCUT2D eigenvalue weighted by Crippen LogP contribution is -2.36. The fourth-order valence-electron chi connectivity index (χ4n) is 3.52. The molecule has 154 valence electrons. The summed E-state index contributed by atoms with van der Waals surface area (Å²) in [6.45, 7) is 6.26. The third-order valence-corrected chi connectivity index (χ3v) is 5.58. The summed E-state index contributed by atoms with van der Waals surface area (Å²) in [4.78, 5) is 16.2. The minimum atomic E-state index is -0.106. The summed E-state index contributed by atoms with van der Waals surface area (Å²) >= 11 is 0. The van der Waals surface area contributed by atoms with Crippen LogP contribution in [0, 0.1) is 5.92 Å². The molecule has 0 saturated carbocycles. The second-order valence-electron chi connectivity index (χ2n) is 7.76. The number of rotatable bonds is 8. The third kappa shape index (κ3) is 4.56. The van der Waals surface area contributed by atoms with E-state index in [1.807, 2.05) is 49.5 Å². The first-order valence-corrected chi connectivity index (χ1v) is 10.0. The van der Waals surface area contributed by atoms with Crippen molar-refractivity contribution in [2.24, 2.45) is 5.92 Å². The Bertz CT molecular complexity index is 977. The average Bonchev–Trinajstić information content (AvgIpc) is 3.15. The summed E-state index contributed by atoms with van der Waals surface area (Å²) in [5.74, 6) is 1.64. The largest absolute Gasteiger partial charge is 0.493 e. The lowest BCUT2D eigenvalue weighted by molar-refractivity contribution is -0.122. The predicted octanol–water partition coefficient (Wildman–Crippen LogP) is 4.87. The van der Waals surface area contributed by atoms with Crippen LogP contribution in [0.25, 0.3) is 10.9 Å². The van der Waals surface area contributed by atoms with Gasteiger partial charge in [-0.05, 0) is 42.2 Å². The Morgan fingerprint density at radius 3 is 2.45 bits per heavy atom. The van der Waals surface area contributed by atoms with E-state index in [0.717, 1.165) is 22.0 Å². The molecule has 2 aromatic carbocycles. The van der Waals surface area contributed by atoms with Gasteiger partial charge in [-0.1, -0.05) is 38.1 Å². The fraction of sp³-hybridized carbons (Fsp3) is 0.375. The van der Waals surface area contributed by atoms with Crippen LogP contribution < -0.4 is 14.8 Å². The minimum Gasteiger partial charge on any atom is -0.493 e. The van der Waals surface area contributed by atoms with Crippen molar-refractivity contribution in [1.82, 2.24) is 10.3 Å². The van der Waals surface area contributed by atoms with E-state index in [-0.39, 0.29) is 17.9 Å². The highest BCUT2D eigenvalue weighted by Gasteiger charge is 2.24. The van der Waals surface area contributed by atoms with E-state index in [4.69, 9.17) is 9.47 Å². The number of hydrogen-bond donors (Lipinski definition) is 2. The van der Waals surface area contributed by atoms with Crippen molar-refractivity contribution in [2.75, 3.05) is 14.2 Å². The van der Waals surface area contributed by atoms with Crippen LogP contribution in [-0.4, -0.2) is 31.2 Å². The van der Waals surface area contributed by atoms with Crippen LogP contribution in [0.4, 0.5) is 0 Å². The Kier molecular flexibility index (Phi) is 6.47. The molecule has 3 aromatic rings. The van der Waals surface area contributed by atoms with Crippen LogP contribution in [0.15, 0.2) is 48.7 Å². The molecule has 0 aliphatic rings. The van der Waals surface area contributed by atoms with Crippen LogP contribution in [0.2, 0.25) is 0 Å². The Labute approximate surface area is 172 Å². The van der Waals surface area contributed by atoms with Gasteiger partial charge in [0.1, 0.15) is 0 Å². The van der Waals surface area contributed by atoms with Crippen molar-refractivity contribution in [3.8, 4) is 11.5 Å². The molecule has 0 fully saturated rings. The molecular weight excluding hydrogens is 364 g/mol. The molecule has 5 heteroatoms. The number of amides is 1. The number of carbonyl (C=O) groups is 1. The van der Waals surface area contributed by atoms with E-state index in [1.54, 1.807) is 14.2 Å². The van der Waals surface area contributed by atoms with Gasteiger partial charge in [0.2, 0.25) is 5.91 Å². The molecule has 2 atom stereocenters. The number of carbonyl (C=O) groups excluding carboxylic acids is 1. The minimum absolute atomic E-state index is 0.0382. The molecule has 3 rings (SSSR count). The summed E-state index contributed by atoms with van der Waals surface area (Å²) in [5.41, 5.74) is 3.17. The zero-order chi connectivity index (χ0) is 21.0. The van der Waals surface area contributed by atoms with E-state index >= 15 is 0 Å². The number of aromatic nitrogens is 1. The first-order valence-electron chi connectivity index (χ1n) is 10.0. The molecule has 2 N–H and O–H groups in total. The number of para-hydroxylation sites is 1. The smallest absolute Gasteiger partial charge is 0.221 e. The van der Waals surface area contributed by atoms with Gasteiger partial charge in [0.25, 0.3) is 0 Å². The van der Waals surface area contributed by atoms with Crippen LogP contribution >= 0.6 is 0 Å². The van der Waals surface area contributed by atoms with Gasteiger partial charge < -0.3 is 19.8 Å². The number of fused-ring (bicyclic) bond motifs is 1. The van der Waals surface area contributed by atoms with Gasteiger partial charge in [-0.25, -0.2) is 0 Å². The SMILES string of the molecule is COc1ccc([C@H](CC(=O)N[C@H](C)C(C)C)c2c[nH]c3ccccc23)cc1OC. The number of H-pyrrole nitrogens is 1. The van der Waals surface area contributed by atoms with Gasteiger partial charge in [0, 0.05) is 35.5 Å². The number of nitrogens with one attached hydrogen (secondary N) is 2. The molecule has 0 radical (unpaired) electrons. The molecule has 0 bridgehead atoms. The standard InChI is InChI=1S/C24H30N2O3/c1-15(2)16(3)26-24(27)13-19(17-10-11-22(28-4)23(12-17)29-5)20-14-25-21-9-7-6-8-18(20)21/h6-12,14-16,19,25H,13H2,1-5H3,(H,26,27)/t16-,19+/m1/s1. The lowest BCUT2D eigenvalue weighted by atomic mass is 9.87. The number of benzene rings is 2. The quantitative estimate of drug-likeness (QED) is 0.573. The second kappa shape index (κ2) is 9.03. The number of ether oxygens (including phenoxy) is 2. The maximum atomic E-state index is 12.9. The average molecular weight is 395 g/mol. The number of aromatic amines is 1. The van der Waals surface area contributed by atoms with Gasteiger partial charge in [-0.3, -0.25) is 4.79 Å². The Hall–Kier alpha value is -2.95. The maximum absolute atomic E-state index is 12.9. The lowest BCUT2D eigenvalue weighted by Gasteiger charge is -2.22. The van der Waals surface area contributed by atoms with Crippen molar-refractivity contribution >= 4 is 16.8 Å². The highest BCUT2D eigenvalue weighted by Crippen LogP contribution is 2.37. The van der Waals surface area contributed by atoms with E-state index < -0.39 is 0 Å². The van der Waals surface area contributed by atoms with Gasteiger partial charge in [-0.2, -0.15) is 0 Å². The summed E-state index contributed by atoms with van der Waals surface area (Å²) in [6, 6.07) is 14.1. The summed E-state index contributed by atoms with van der Waals surface area (Å²) in [5, 5.41) is 4.26. The Morgan fingerprint density at radius 1 is 1.03 bits per heavy atom.